The van der Waals surface area contributed by atoms with E-state index in [0.29, 0.717) is 15.2 Å². The minimum absolute atomic E-state index is 0.0950. The number of rotatable bonds is 0. The number of halogens is 6. The van der Waals surface area contributed by atoms with Crippen molar-refractivity contribution in [1.29, 1.82) is 0 Å². The van der Waals surface area contributed by atoms with Crippen LogP contribution < -0.4 is 0 Å². The summed E-state index contributed by atoms with van der Waals surface area (Å²) in [6.07, 6.45) is 2.69. The summed E-state index contributed by atoms with van der Waals surface area (Å²) < 4.78 is 41.2. The second-order valence-electron chi connectivity index (χ2n) is 1.91. The van der Waals surface area contributed by atoms with Gasteiger partial charge < -0.3 is 0 Å². The van der Waals surface area contributed by atoms with E-state index < -0.39 is 6.68 Å². The first-order valence-electron chi connectivity index (χ1n) is 3.00. The third-order valence-electron chi connectivity index (χ3n) is 0.860. The van der Waals surface area contributed by atoms with E-state index in [1.54, 1.807) is 0 Å². The molecule has 0 radical (unpaired) electrons. The quantitative estimate of drug-likeness (QED) is 0.460. The van der Waals surface area contributed by atoms with Crippen molar-refractivity contribution < 1.29 is 17.7 Å². The Kier molecular flexibility index (Phi) is 5.90. The van der Waals surface area contributed by atoms with E-state index in [4.69, 9.17) is 23.2 Å². The number of allylic oxidation sites excluding steroid dienone is 2. The highest BCUT2D eigenvalue weighted by atomic mass is 35.5. The van der Waals surface area contributed by atoms with Crippen LogP contribution in [0.2, 0.25) is 0 Å². The minimum Gasteiger partial charge on any atom is -0.212 e. The predicted octanol–water partition coefficient (Wildman–Crippen LogP) is 3.57. The zero-order valence-electron chi connectivity index (χ0n) is 6.15. The van der Waals surface area contributed by atoms with Gasteiger partial charge in [0.1, 0.15) is 0 Å². The molecule has 1 heterocycles. The van der Waals surface area contributed by atoms with Crippen molar-refractivity contribution in [2.45, 2.75) is 6.68 Å². The molecule has 1 nitrogen and oxygen atoms in total. The van der Waals surface area contributed by atoms with Crippen molar-refractivity contribution in [2.75, 3.05) is 6.54 Å². The maximum atomic E-state index is 12.2. The molecular formula is C6H5Cl2F4N. The van der Waals surface area contributed by atoms with Gasteiger partial charge in [0.25, 0.3) is 0 Å². The van der Waals surface area contributed by atoms with Gasteiger partial charge in [-0.2, -0.15) is 13.2 Å². The van der Waals surface area contributed by atoms with E-state index in [1.807, 2.05) is 0 Å². The summed E-state index contributed by atoms with van der Waals surface area (Å²) >= 11 is 10.9. The van der Waals surface area contributed by atoms with E-state index >= 15 is 0 Å². The van der Waals surface area contributed by atoms with E-state index in [-0.39, 0.29) is 6.54 Å². The lowest BCUT2D eigenvalue weighted by molar-refractivity contribution is 0.00819. The van der Waals surface area contributed by atoms with Crippen LogP contribution in [0.3, 0.4) is 0 Å². The van der Waals surface area contributed by atoms with E-state index in [9.17, 15) is 17.7 Å². The Bertz CT molecular complexity index is 214. The molecule has 7 heteroatoms. The van der Waals surface area contributed by atoms with Gasteiger partial charge >= 0.3 is 6.68 Å². The van der Waals surface area contributed by atoms with Gasteiger partial charge in [-0.3, -0.25) is 0 Å². The number of nitrogens with zero attached hydrogens (tertiary/aromatic N) is 1. The Labute approximate surface area is 82.1 Å². The molecule has 13 heavy (non-hydrogen) atoms. The Morgan fingerprint density at radius 2 is 1.77 bits per heavy atom. The third kappa shape index (κ3) is 7.93. The van der Waals surface area contributed by atoms with Crippen LogP contribution in [0, 0.1) is 0 Å². The molecule has 0 atom stereocenters. The van der Waals surface area contributed by atoms with Crippen molar-refractivity contribution in [2.24, 2.45) is 0 Å². The monoisotopic (exact) mass is 237 g/mol. The van der Waals surface area contributed by atoms with Crippen LogP contribution >= 0.6 is 23.2 Å². The van der Waals surface area contributed by atoms with Crippen LogP contribution in [0.5, 0.6) is 0 Å². The molecule has 0 spiro atoms. The number of alkyl halides is 3. The Morgan fingerprint density at radius 3 is 2.08 bits per heavy atom. The molecule has 0 saturated carbocycles. The van der Waals surface area contributed by atoms with Crippen LogP contribution in [-0.2, 0) is 0 Å². The zero-order valence-corrected chi connectivity index (χ0v) is 7.67. The summed E-state index contributed by atoms with van der Waals surface area (Å²) in [6.45, 7) is -3.57. The Balaban J connectivity index is 0.000000310. The first-order valence-corrected chi connectivity index (χ1v) is 3.75. The third-order valence-corrected chi connectivity index (χ3v) is 1.30. The van der Waals surface area contributed by atoms with Gasteiger partial charge in [0.05, 0.1) is 17.8 Å². The van der Waals surface area contributed by atoms with Crippen molar-refractivity contribution in [3.8, 4) is 0 Å². The largest absolute Gasteiger partial charge is 0.379 e. The standard InChI is InChI=1S/C5H4Cl2FN.CHF3/c6-4-1-5(7)3-9(8)2-4;2-1(3)4/h1-2H,3H2;1H. The summed E-state index contributed by atoms with van der Waals surface area (Å²) in [5, 5.41) is 1.16. The molecule has 0 amide bonds. The SMILES string of the molecule is FC(F)F.FN1C=C(Cl)C=C(Cl)C1. The van der Waals surface area contributed by atoms with Crippen LogP contribution in [0.1, 0.15) is 0 Å². The molecular weight excluding hydrogens is 233 g/mol. The number of hydrogen-bond donors (Lipinski definition) is 0. The van der Waals surface area contributed by atoms with Crippen molar-refractivity contribution in [3.05, 3.63) is 22.3 Å². The highest BCUT2D eigenvalue weighted by molar-refractivity contribution is 6.34. The summed E-state index contributed by atoms with van der Waals surface area (Å²) in [7, 11) is 0. The first kappa shape index (κ1) is 12.6. The molecule has 0 unspecified atom stereocenters. The van der Waals surface area contributed by atoms with Crippen LogP contribution in [0.4, 0.5) is 17.7 Å². The van der Waals surface area contributed by atoms with Gasteiger partial charge in [0, 0.05) is 5.03 Å². The van der Waals surface area contributed by atoms with Crippen LogP contribution in [-0.4, -0.2) is 18.3 Å². The fourth-order valence-electron chi connectivity index (χ4n) is 0.556. The highest BCUT2D eigenvalue weighted by Gasteiger charge is 2.06. The minimum atomic E-state index is -3.67. The smallest absolute Gasteiger partial charge is 0.212 e. The molecule has 76 valence electrons. The lowest BCUT2D eigenvalue weighted by atomic mass is 10.4. The number of hydrogen-bond acceptors (Lipinski definition) is 1. The molecule has 1 aliphatic heterocycles. The van der Waals surface area contributed by atoms with Gasteiger partial charge in [0.15, 0.2) is 0 Å². The summed E-state index contributed by atoms with van der Waals surface area (Å²) in [4.78, 5) is 0. The van der Waals surface area contributed by atoms with E-state index in [2.05, 4.69) is 0 Å². The van der Waals surface area contributed by atoms with Crippen LogP contribution in [0.15, 0.2) is 22.3 Å². The molecule has 0 saturated heterocycles. The second kappa shape index (κ2) is 6.10. The highest BCUT2D eigenvalue weighted by Crippen LogP contribution is 2.18. The van der Waals surface area contributed by atoms with Gasteiger partial charge in [-0.1, -0.05) is 23.2 Å². The summed E-state index contributed by atoms with van der Waals surface area (Å²) in [5.74, 6) is 0. The van der Waals surface area contributed by atoms with Gasteiger partial charge in [0.2, 0.25) is 0 Å². The Hall–Kier alpha value is -0.420. The predicted molar refractivity (Wildman–Crippen MR) is 42.8 cm³/mol. The van der Waals surface area contributed by atoms with Crippen LogP contribution in [0.25, 0.3) is 0 Å². The van der Waals surface area contributed by atoms with E-state index in [1.165, 1.54) is 12.3 Å². The molecule has 0 fully saturated rings. The van der Waals surface area contributed by atoms with Gasteiger partial charge in [-0.25, -0.2) is 5.12 Å². The molecule has 0 N–H and O–H groups in total. The van der Waals surface area contributed by atoms with Crippen molar-refractivity contribution in [1.82, 2.24) is 5.12 Å². The van der Waals surface area contributed by atoms with Crippen molar-refractivity contribution in [3.63, 3.8) is 0 Å². The lowest BCUT2D eigenvalue weighted by Gasteiger charge is -2.11. The summed E-state index contributed by atoms with van der Waals surface area (Å²) in [6, 6.07) is 0. The van der Waals surface area contributed by atoms with Crippen molar-refractivity contribution >= 4 is 23.2 Å². The average molecular weight is 238 g/mol. The van der Waals surface area contributed by atoms with Gasteiger partial charge in [-0.15, -0.1) is 4.48 Å². The maximum absolute atomic E-state index is 12.2. The average Bonchev–Trinajstić information content (AvgIpc) is 1.80. The summed E-state index contributed by atoms with van der Waals surface area (Å²) in [5.41, 5.74) is 0. The van der Waals surface area contributed by atoms with E-state index in [0.717, 1.165) is 0 Å². The van der Waals surface area contributed by atoms with Gasteiger partial charge in [-0.05, 0) is 6.08 Å². The topological polar surface area (TPSA) is 3.24 Å². The molecule has 0 aromatic carbocycles. The first-order chi connectivity index (χ1) is 5.91. The molecule has 1 aliphatic rings. The lowest BCUT2D eigenvalue weighted by Crippen LogP contribution is -2.10. The fourth-order valence-corrected chi connectivity index (χ4v) is 1.08. The molecule has 0 aliphatic carbocycles. The zero-order chi connectivity index (χ0) is 10.4. The fraction of sp³-hybridized carbons (Fsp3) is 0.333. The normalized spacial score (nSPS) is 16.1. The Morgan fingerprint density at radius 1 is 1.31 bits per heavy atom. The molecule has 1 rings (SSSR count). The maximum Gasteiger partial charge on any atom is 0.379 e. The molecule has 0 bridgehead atoms. The molecule has 0 aromatic heterocycles. The second-order valence-corrected chi connectivity index (χ2v) is 2.83. The molecule has 0 aromatic rings.